The van der Waals surface area contributed by atoms with Gasteiger partial charge in [-0.3, -0.25) is 0 Å². The Balaban J connectivity index is 2.04. The van der Waals surface area contributed by atoms with E-state index in [2.05, 4.69) is 22.4 Å². The van der Waals surface area contributed by atoms with E-state index in [-0.39, 0.29) is 6.04 Å². The molecule has 0 bridgehead atoms. The van der Waals surface area contributed by atoms with Crippen LogP contribution in [0.5, 0.6) is 5.75 Å². The highest BCUT2D eigenvalue weighted by molar-refractivity contribution is 5.34. The lowest BCUT2D eigenvalue weighted by molar-refractivity contribution is 0.439. The molecular formula is C14H17N3O. The van der Waals surface area contributed by atoms with Crippen LogP contribution in [0.4, 0.5) is 0 Å². The van der Waals surface area contributed by atoms with Gasteiger partial charge in [0, 0.05) is 24.3 Å². The third-order valence-electron chi connectivity index (χ3n) is 2.88. The van der Waals surface area contributed by atoms with Gasteiger partial charge in [-0.1, -0.05) is 25.1 Å². The summed E-state index contributed by atoms with van der Waals surface area (Å²) in [7, 11) is 0. The maximum Gasteiger partial charge on any atom is 0.120 e. The molecule has 2 aromatic rings. The fourth-order valence-electron chi connectivity index (χ4n) is 1.91. The molecule has 18 heavy (non-hydrogen) atoms. The Morgan fingerprint density at radius 2 is 2.06 bits per heavy atom. The molecule has 2 N–H and O–H groups in total. The highest BCUT2D eigenvalue weighted by Crippen LogP contribution is 2.25. The van der Waals surface area contributed by atoms with E-state index in [1.807, 2.05) is 30.3 Å². The van der Waals surface area contributed by atoms with Crippen LogP contribution in [-0.2, 0) is 6.54 Å². The normalized spacial score (nSPS) is 12.3. The van der Waals surface area contributed by atoms with Crippen molar-refractivity contribution in [1.29, 1.82) is 0 Å². The van der Waals surface area contributed by atoms with Crippen LogP contribution in [0, 0.1) is 0 Å². The number of nitrogens with one attached hydrogen (secondary N) is 1. The summed E-state index contributed by atoms with van der Waals surface area (Å²) in [6.45, 7) is 2.72. The van der Waals surface area contributed by atoms with Crippen LogP contribution in [0.3, 0.4) is 0 Å². The van der Waals surface area contributed by atoms with Crippen LogP contribution >= 0.6 is 0 Å². The van der Waals surface area contributed by atoms with E-state index < -0.39 is 0 Å². The minimum atomic E-state index is 0.119. The van der Waals surface area contributed by atoms with E-state index >= 15 is 0 Å². The number of hydrogen-bond acceptors (Lipinski definition) is 4. The maximum atomic E-state index is 9.84. The van der Waals surface area contributed by atoms with Crippen LogP contribution in [0.1, 0.15) is 30.6 Å². The lowest BCUT2D eigenvalue weighted by Gasteiger charge is -2.18. The van der Waals surface area contributed by atoms with E-state index in [0.717, 1.165) is 17.7 Å². The minimum absolute atomic E-state index is 0.119. The minimum Gasteiger partial charge on any atom is -0.508 e. The molecule has 0 aliphatic heterocycles. The number of benzene rings is 1. The Kier molecular flexibility index (Phi) is 4.25. The summed E-state index contributed by atoms with van der Waals surface area (Å²) >= 11 is 0. The average Bonchev–Trinajstić information content (AvgIpc) is 2.42. The molecule has 0 amide bonds. The second kappa shape index (κ2) is 6.12. The lowest BCUT2D eigenvalue weighted by Crippen LogP contribution is -2.21. The zero-order valence-corrected chi connectivity index (χ0v) is 10.4. The van der Waals surface area contributed by atoms with Crippen molar-refractivity contribution in [3.63, 3.8) is 0 Å². The van der Waals surface area contributed by atoms with Crippen molar-refractivity contribution in [1.82, 2.24) is 15.5 Å². The van der Waals surface area contributed by atoms with E-state index in [9.17, 15) is 5.11 Å². The van der Waals surface area contributed by atoms with Crippen molar-refractivity contribution in [2.75, 3.05) is 0 Å². The fourth-order valence-corrected chi connectivity index (χ4v) is 1.91. The molecule has 0 aliphatic rings. The monoisotopic (exact) mass is 243 g/mol. The Bertz CT molecular complexity index is 487. The first kappa shape index (κ1) is 12.5. The van der Waals surface area contributed by atoms with E-state index in [1.165, 1.54) is 0 Å². The van der Waals surface area contributed by atoms with Crippen LogP contribution < -0.4 is 5.32 Å². The zero-order chi connectivity index (χ0) is 12.8. The predicted molar refractivity (Wildman–Crippen MR) is 70.0 cm³/mol. The Morgan fingerprint density at radius 3 is 2.72 bits per heavy atom. The summed E-state index contributed by atoms with van der Waals surface area (Å²) in [5.41, 5.74) is 1.82. The lowest BCUT2D eigenvalue weighted by atomic mass is 10.0. The van der Waals surface area contributed by atoms with Crippen molar-refractivity contribution in [3.8, 4) is 5.75 Å². The molecule has 0 saturated carbocycles. The summed E-state index contributed by atoms with van der Waals surface area (Å²) in [6, 6.07) is 11.3. The number of para-hydroxylation sites is 1. The molecule has 1 aromatic carbocycles. The molecule has 1 atom stereocenters. The molecule has 0 saturated heterocycles. The average molecular weight is 243 g/mol. The quantitative estimate of drug-likeness (QED) is 0.846. The van der Waals surface area contributed by atoms with E-state index in [1.54, 1.807) is 12.3 Å². The Hall–Kier alpha value is -1.94. The van der Waals surface area contributed by atoms with Gasteiger partial charge in [-0.2, -0.15) is 10.2 Å². The highest BCUT2D eigenvalue weighted by Gasteiger charge is 2.12. The maximum absolute atomic E-state index is 9.84. The standard InChI is InChI=1S/C14H17N3O/c1-2-13(12-7-3-4-8-14(12)18)15-10-11-6-5-9-16-17-11/h3-9,13,15,18H,2,10H2,1H3. The second-order valence-electron chi connectivity index (χ2n) is 4.12. The number of phenols is 1. The largest absolute Gasteiger partial charge is 0.508 e. The van der Waals surface area contributed by atoms with Gasteiger partial charge in [-0.25, -0.2) is 0 Å². The third-order valence-corrected chi connectivity index (χ3v) is 2.88. The van der Waals surface area contributed by atoms with E-state index in [4.69, 9.17) is 0 Å². The van der Waals surface area contributed by atoms with Crippen LogP contribution in [0.2, 0.25) is 0 Å². The van der Waals surface area contributed by atoms with Gasteiger partial charge in [0.25, 0.3) is 0 Å². The zero-order valence-electron chi connectivity index (χ0n) is 10.4. The first-order chi connectivity index (χ1) is 8.81. The summed E-state index contributed by atoms with van der Waals surface area (Å²) in [6.07, 6.45) is 2.56. The highest BCUT2D eigenvalue weighted by atomic mass is 16.3. The number of aromatic nitrogens is 2. The first-order valence-corrected chi connectivity index (χ1v) is 6.09. The topological polar surface area (TPSA) is 58.0 Å². The molecule has 0 radical (unpaired) electrons. The second-order valence-corrected chi connectivity index (χ2v) is 4.12. The van der Waals surface area contributed by atoms with Gasteiger partial charge >= 0.3 is 0 Å². The molecule has 2 rings (SSSR count). The smallest absolute Gasteiger partial charge is 0.120 e. The molecule has 94 valence electrons. The molecule has 4 nitrogen and oxygen atoms in total. The molecular weight excluding hydrogens is 226 g/mol. The van der Waals surface area contributed by atoms with Crippen molar-refractivity contribution < 1.29 is 5.11 Å². The Labute approximate surface area is 107 Å². The third kappa shape index (κ3) is 3.05. The summed E-state index contributed by atoms with van der Waals surface area (Å²) < 4.78 is 0. The van der Waals surface area contributed by atoms with Crippen LogP contribution in [0.25, 0.3) is 0 Å². The summed E-state index contributed by atoms with van der Waals surface area (Å²) in [5, 5.41) is 21.1. The van der Waals surface area contributed by atoms with Crippen molar-refractivity contribution >= 4 is 0 Å². The van der Waals surface area contributed by atoms with Crippen LogP contribution in [0.15, 0.2) is 42.6 Å². The SMILES string of the molecule is CCC(NCc1cccnn1)c1ccccc1O. The van der Waals surface area contributed by atoms with Gasteiger partial charge < -0.3 is 10.4 Å². The van der Waals surface area contributed by atoms with Gasteiger partial charge in [0.2, 0.25) is 0 Å². The molecule has 0 spiro atoms. The summed E-state index contributed by atoms with van der Waals surface area (Å²) in [5.74, 6) is 0.330. The summed E-state index contributed by atoms with van der Waals surface area (Å²) in [4.78, 5) is 0. The van der Waals surface area contributed by atoms with Gasteiger partial charge in [0.1, 0.15) is 5.75 Å². The van der Waals surface area contributed by atoms with Crippen LogP contribution in [-0.4, -0.2) is 15.3 Å². The fraction of sp³-hybridized carbons (Fsp3) is 0.286. The first-order valence-electron chi connectivity index (χ1n) is 6.09. The molecule has 1 heterocycles. The predicted octanol–water partition coefficient (Wildman–Crippen LogP) is 2.42. The molecule has 1 unspecified atom stereocenters. The van der Waals surface area contributed by atoms with Gasteiger partial charge in [-0.05, 0) is 24.6 Å². The van der Waals surface area contributed by atoms with Gasteiger partial charge in [0.05, 0.1) is 5.69 Å². The van der Waals surface area contributed by atoms with Crippen molar-refractivity contribution in [3.05, 3.63) is 53.9 Å². The molecule has 4 heteroatoms. The number of phenolic OH excluding ortho intramolecular Hbond substituents is 1. The van der Waals surface area contributed by atoms with Gasteiger partial charge in [-0.15, -0.1) is 0 Å². The molecule has 1 aromatic heterocycles. The van der Waals surface area contributed by atoms with Crippen molar-refractivity contribution in [2.45, 2.75) is 25.9 Å². The van der Waals surface area contributed by atoms with Crippen molar-refractivity contribution in [2.24, 2.45) is 0 Å². The number of rotatable bonds is 5. The molecule has 0 fully saturated rings. The molecule has 0 aliphatic carbocycles. The number of hydrogen-bond donors (Lipinski definition) is 2. The van der Waals surface area contributed by atoms with Gasteiger partial charge in [0.15, 0.2) is 0 Å². The Morgan fingerprint density at radius 1 is 1.22 bits per heavy atom. The van der Waals surface area contributed by atoms with E-state index in [0.29, 0.717) is 12.3 Å². The number of nitrogens with zero attached hydrogens (tertiary/aromatic N) is 2. The number of aromatic hydroxyl groups is 1.